The van der Waals surface area contributed by atoms with Crippen molar-refractivity contribution in [1.29, 1.82) is 10.5 Å². The van der Waals surface area contributed by atoms with Crippen LogP contribution >= 0.6 is 11.3 Å². The fourth-order valence-electron chi connectivity index (χ4n) is 1.77. The first-order valence-corrected chi connectivity index (χ1v) is 6.76. The Morgan fingerprint density at radius 3 is 2.58 bits per heavy atom. The molecule has 2 aromatic rings. The summed E-state index contributed by atoms with van der Waals surface area (Å²) in [5.74, 6) is 1.06. The van der Waals surface area contributed by atoms with Crippen molar-refractivity contribution in [2.24, 2.45) is 0 Å². The summed E-state index contributed by atoms with van der Waals surface area (Å²) in [6.45, 7) is 6.46. The van der Waals surface area contributed by atoms with Crippen molar-refractivity contribution in [2.75, 3.05) is 0 Å². The summed E-state index contributed by atoms with van der Waals surface area (Å²) >= 11 is 1.62. The predicted molar refractivity (Wildman–Crippen MR) is 71.7 cm³/mol. The van der Waals surface area contributed by atoms with E-state index in [-0.39, 0.29) is 5.69 Å². The van der Waals surface area contributed by atoms with Gasteiger partial charge in [-0.3, -0.25) is 0 Å². The van der Waals surface area contributed by atoms with Gasteiger partial charge >= 0.3 is 0 Å². The van der Waals surface area contributed by atoms with E-state index in [9.17, 15) is 0 Å². The van der Waals surface area contributed by atoms with Crippen LogP contribution in [0.4, 0.5) is 0 Å². The van der Waals surface area contributed by atoms with Crippen LogP contribution in [0, 0.1) is 29.6 Å². The van der Waals surface area contributed by atoms with Gasteiger partial charge in [0.25, 0.3) is 0 Å². The lowest BCUT2D eigenvalue weighted by atomic mass is 10.2. The third kappa shape index (κ3) is 2.49. The number of rotatable bonds is 3. The average Bonchev–Trinajstić information content (AvgIpc) is 2.95. The van der Waals surface area contributed by atoms with Gasteiger partial charge in [0.15, 0.2) is 11.4 Å². The zero-order chi connectivity index (χ0) is 14.0. The van der Waals surface area contributed by atoms with Crippen molar-refractivity contribution >= 4 is 11.3 Å². The van der Waals surface area contributed by atoms with E-state index >= 15 is 0 Å². The molecule has 0 N–H and O–H groups in total. The first kappa shape index (κ1) is 13.3. The molecule has 6 heteroatoms. The van der Waals surface area contributed by atoms with E-state index in [4.69, 9.17) is 10.5 Å². The Bertz CT molecular complexity index is 681. The fourth-order valence-corrected chi connectivity index (χ4v) is 2.60. The van der Waals surface area contributed by atoms with E-state index in [1.54, 1.807) is 22.8 Å². The van der Waals surface area contributed by atoms with E-state index in [0.29, 0.717) is 24.0 Å². The summed E-state index contributed by atoms with van der Waals surface area (Å²) in [6, 6.07) is 3.98. The minimum atomic E-state index is 0.180. The second-order valence-corrected chi connectivity index (χ2v) is 5.39. The smallest absolute Gasteiger partial charge is 0.177 e. The monoisotopic (exact) mass is 271 g/mol. The van der Waals surface area contributed by atoms with E-state index in [2.05, 4.69) is 23.8 Å². The highest BCUT2D eigenvalue weighted by Gasteiger charge is 2.15. The Balaban J connectivity index is 2.36. The first-order valence-electron chi connectivity index (χ1n) is 5.88. The topological polar surface area (TPSA) is 78.3 Å². The van der Waals surface area contributed by atoms with E-state index in [1.807, 2.05) is 17.5 Å². The highest BCUT2D eigenvalue weighted by Crippen LogP contribution is 2.21. The summed E-state index contributed by atoms with van der Waals surface area (Å²) in [6.07, 6.45) is 0. The van der Waals surface area contributed by atoms with E-state index in [1.165, 1.54) is 0 Å². The molecule has 96 valence electrons. The molecular weight excluding hydrogens is 258 g/mol. The molecule has 0 aliphatic rings. The molecule has 0 bridgehead atoms. The normalized spacial score (nSPS) is 10.4. The molecule has 0 atom stereocenters. The molecule has 19 heavy (non-hydrogen) atoms. The molecule has 0 saturated heterocycles. The molecule has 0 saturated carbocycles. The Hall–Kier alpha value is -2.18. The number of hydrogen-bond acceptors (Lipinski definition) is 5. The average molecular weight is 271 g/mol. The van der Waals surface area contributed by atoms with Crippen molar-refractivity contribution in [1.82, 2.24) is 14.5 Å². The van der Waals surface area contributed by atoms with Gasteiger partial charge in [-0.05, 0) is 6.92 Å². The number of nitrogens with zero attached hydrogens (tertiary/aromatic N) is 5. The van der Waals surface area contributed by atoms with Gasteiger partial charge in [-0.2, -0.15) is 10.5 Å². The lowest BCUT2D eigenvalue weighted by molar-refractivity contribution is 0.728. The van der Waals surface area contributed by atoms with Gasteiger partial charge in [0.05, 0.1) is 17.2 Å². The molecule has 0 aliphatic carbocycles. The maximum absolute atomic E-state index is 9.14. The first-order chi connectivity index (χ1) is 9.06. The summed E-state index contributed by atoms with van der Waals surface area (Å²) < 4.78 is 1.73. The zero-order valence-corrected chi connectivity index (χ0v) is 11.8. The maximum atomic E-state index is 9.14. The van der Waals surface area contributed by atoms with Crippen molar-refractivity contribution < 1.29 is 0 Å². The van der Waals surface area contributed by atoms with Gasteiger partial charge in [0, 0.05) is 11.3 Å². The fraction of sp³-hybridized carbons (Fsp3) is 0.385. The summed E-state index contributed by atoms with van der Waals surface area (Å²) in [5, 5.41) is 21.1. The Morgan fingerprint density at radius 2 is 2.05 bits per heavy atom. The summed E-state index contributed by atoms with van der Waals surface area (Å²) in [5.41, 5.74) is 1.38. The molecule has 0 aliphatic heterocycles. The number of aryl methyl sites for hydroxylation is 1. The van der Waals surface area contributed by atoms with Gasteiger partial charge < -0.3 is 4.57 Å². The number of nitriles is 2. The van der Waals surface area contributed by atoms with Crippen molar-refractivity contribution in [3.63, 3.8) is 0 Å². The number of aromatic nitrogens is 3. The van der Waals surface area contributed by atoms with E-state index in [0.717, 1.165) is 10.7 Å². The lowest BCUT2D eigenvalue weighted by Gasteiger charge is -2.03. The molecule has 5 nitrogen and oxygen atoms in total. The Kier molecular flexibility index (Phi) is 3.64. The summed E-state index contributed by atoms with van der Waals surface area (Å²) in [7, 11) is 0. The van der Waals surface area contributed by atoms with Crippen LogP contribution in [0.3, 0.4) is 0 Å². The lowest BCUT2D eigenvalue weighted by Crippen LogP contribution is -2.05. The van der Waals surface area contributed by atoms with Crippen LogP contribution in [0.1, 0.15) is 47.7 Å². The van der Waals surface area contributed by atoms with Crippen LogP contribution in [0.2, 0.25) is 0 Å². The van der Waals surface area contributed by atoms with Crippen molar-refractivity contribution in [2.45, 2.75) is 33.2 Å². The molecule has 0 unspecified atom stereocenters. The van der Waals surface area contributed by atoms with Gasteiger partial charge in [-0.15, -0.1) is 11.3 Å². The molecule has 0 radical (unpaired) electrons. The Labute approximate surface area is 115 Å². The highest BCUT2D eigenvalue weighted by molar-refractivity contribution is 7.09. The van der Waals surface area contributed by atoms with Crippen LogP contribution in [0.25, 0.3) is 0 Å². The van der Waals surface area contributed by atoms with Gasteiger partial charge in [0.2, 0.25) is 0 Å². The minimum Gasteiger partial charge on any atom is -0.313 e. The molecule has 0 amide bonds. The van der Waals surface area contributed by atoms with Crippen LogP contribution in [0.15, 0.2) is 5.38 Å². The number of hydrogen-bond donors (Lipinski definition) is 0. The van der Waals surface area contributed by atoms with Gasteiger partial charge in [0.1, 0.15) is 18.0 Å². The van der Waals surface area contributed by atoms with Crippen LogP contribution in [-0.2, 0) is 6.54 Å². The molecule has 2 heterocycles. The third-order valence-corrected chi connectivity index (χ3v) is 3.95. The van der Waals surface area contributed by atoms with E-state index < -0.39 is 0 Å². The predicted octanol–water partition coefficient (Wildman–Crippen LogP) is 2.56. The van der Waals surface area contributed by atoms with Crippen LogP contribution in [0.5, 0.6) is 0 Å². The largest absolute Gasteiger partial charge is 0.313 e. The van der Waals surface area contributed by atoms with Crippen molar-refractivity contribution in [3.8, 4) is 12.1 Å². The molecule has 0 spiro atoms. The molecule has 2 aromatic heterocycles. The van der Waals surface area contributed by atoms with Gasteiger partial charge in [-0.1, -0.05) is 13.8 Å². The molecule has 0 aromatic carbocycles. The van der Waals surface area contributed by atoms with Crippen LogP contribution < -0.4 is 0 Å². The van der Waals surface area contributed by atoms with Crippen LogP contribution in [-0.4, -0.2) is 14.5 Å². The highest BCUT2D eigenvalue weighted by atomic mass is 32.1. The minimum absolute atomic E-state index is 0.180. The molecular formula is C13H13N5S. The number of imidazole rings is 1. The maximum Gasteiger partial charge on any atom is 0.177 e. The van der Waals surface area contributed by atoms with Gasteiger partial charge in [-0.25, -0.2) is 9.97 Å². The molecule has 0 fully saturated rings. The zero-order valence-electron chi connectivity index (χ0n) is 11.0. The summed E-state index contributed by atoms with van der Waals surface area (Å²) in [4.78, 5) is 8.63. The second kappa shape index (κ2) is 5.21. The standard InChI is InChI=1S/C13H13N5S/c1-8(2)13-17-10(7-19-13)6-18-9(3)16-11(4-14)12(18)5-15/h7-8H,6H2,1-3H3. The SMILES string of the molecule is Cc1nc(C#N)c(C#N)n1Cc1csc(C(C)C)n1. The Morgan fingerprint density at radius 1 is 1.32 bits per heavy atom. The van der Waals surface area contributed by atoms with Crippen molar-refractivity contribution in [3.05, 3.63) is 33.3 Å². The third-order valence-electron chi connectivity index (χ3n) is 2.75. The second-order valence-electron chi connectivity index (χ2n) is 4.50. The quantitative estimate of drug-likeness (QED) is 0.859. The number of thiazole rings is 1. The molecule has 2 rings (SSSR count).